The Bertz CT molecular complexity index is 715. The number of carbonyl (C=O) groups excluding carboxylic acids is 1. The fraction of sp³-hybridized carbons (Fsp3) is 0.444. The van der Waals surface area contributed by atoms with Gasteiger partial charge in [0.25, 0.3) is 0 Å². The molecule has 1 aromatic carbocycles. The first-order valence-electron chi connectivity index (χ1n) is 8.15. The number of nitrogens with zero attached hydrogens (tertiary/aromatic N) is 2. The minimum absolute atomic E-state index is 0. The third-order valence-corrected chi connectivity index (χ3v) is 4.78. The summed E-state index contributed by atoms with van der Waals surface area (Å²) in [7, 11) is 1.95. The Morgan fingerprint density at radius 3 is 2.76 bits per heavy atom. The number of rotatable bonds is 3. The van der Waals surface area contributed by atoms with Crippen LogP contribution in [0.4, 0.5) is 5.69 Å². The summed E-state index contributed by atoms with van der Waals surface area (Å²) in [6, 6.07) is 7.78. The van der Waals surface area contributed by atoms with Crippen molar-refractivity contribution in [2.75, 3.05) is 5.32 Å². The average Bonchev–Trinajstić information content (AvgIpc) is 2.93. The third-order valence-electron chi connectivity index (χ3n) is 4.78. The van der Waals surface area contributed by atoms with Crippen molar-refractivity contribution < 1.29 is 4.79 Å². The van der Waals surface area contributed by atoms with Crippen molar-refractivity contribution in [3.8, 4) is 11.4 Å². The van der Waals surface area contributed by atoms with Gasteiger partial charge in [0.15, 0.2) is 0 Å². The largest absolute Gasteiger partial charge is 0.334 e. The lowest BCUT2D eigenvalue weighted by Gasteiger charge is -2.37. The molecule has 1 fully saturated rings. The number of halogens is 2. The van der Waals surface area contributed by atoms with Crippen molar-refractivity contribution in [2.24, 2.45) is 18.7 Å². The van der Waals surface area contributed by atoms with Gasteiger partial charge in [0.05, 0.1) is 5.92 Å². The molecule has 1 aromatic heterocycles. The average molecular weight is 385 g/mol. The molecule has 2 atom stereocenters. The van der Waals surface area contributed by atoms with E-state index in [0.717, 1.165) is 42.8 Å². The number of carbonyl (C=O) groups is 1. The summed E-state index contributed by atoms with van der Waals surface area (Å²) in [4.78, 5) is 17.0. The summed E-state index contributed by atoms with van der Waals surface area (Å²) < 4.78 is 1.96. The quantitative estimate of drug-likeness (QED) is 0.845. The Labute approximate surface area is 161 Å². The molecular weight excluding hydrogens is 359 g/mol. The minimum atomic E-state index is -0.417. The second kappa shape index (κ2) is 8.70. The normalized spacial score (nSPS) is 22.4. The van der Waals surface area contributed by atoms with Crippen molar-refractivity contribution in [1.29, 1.82) is 0 Å². The van der Waals surface area contributed by atoms with E-state index in [4.69, 9.17) is 5.73 Å². The van der Waals surface area contributed by atoms with E-state index in [1.54, 1.807) is 6.20 Å². The van der Waals surface area contributed by atoms with E-state index in [9.17, 15) is 4.79 Å². The SMILES string of the molecule is Cl.Cl.Cn1ccnc1-c1cccc(NC(=O)C2CCCCC2(C)N)c1. The molecule has 1 aliphatic rings. The summed E-state index contributed by atoms with van der Waals surface area (Å²) in [5.74, 6) is 0.766. The number of anilines is 1. The highest BCUT2D eigenvalue weighted by molar-refractivity contribution is 5.94. The van der Waals surface area contributed by atoms with Gasteiger partial charge in [-0.2, -0.15) is 0 Å². The molecule has 7 heteroatoms. The van der Waals surface area contributed by atoms with Gasteiger partial charge < -0.3 is 15.6 Å². The van der Waals surface area contributed by atoms with Gasteiger partial charge in [0, 0.05) is 36.2 Å². The van der Waals surface area contributed by atoms with Gasteiger partial charge in [0.2, 0.25) is 5.91 Å². The van der Waals surface area contributed by atoms with Crippen molar-refractivity contribution in [1.82, 2.24) is 9.55 Å². The Morgan fingerprint density at radius 1 is 1.36 bits per heavy atom. The molecule has 0 bridgehead atoms. The first-order valence-corrected chi connectivity index (χ1v) is 8.15. The predicted octanol–water partition coefficient (Wildman–Crippen LogP) is 3.78. The van der Waals surface area contributed by atoms with Crippen LogP contribution >= 0.6 is 24.8 Å². The van der Waals surface area contributed by atoms with Crippen LogP contribution in [0, 0.1) is 5.92 Å². The van der Waals surface area contributed by atoms with Gasteiger partial charge in [-0.1, -0.05) is 25.0 Å². The van der Waals surface area contributed by atoms with Crippen LogP contribution in [0.1, 0.15) is 32.6 Å². The molecule has 138 valence electrons. The fourth-order valence-corrected chi connectivity index (χ4v) is 3.40. The summed E-state index contributed by atoms with van der Waals surface area (Å²) in [5, 5.41) is 3.03. The lowest BCUT2D eigenvalue weighted by Crippen LogP contribution is -2.51. The van der Waals surface area contributed by atoms with Gasteiger partial charge >= 0.3 is 0 Å². The van der Waals surface area contributed by atoms with Crippen LogP contribution in [0.25, 0.3) is 11.4 Å². The van der Waals surface area contributed by atoms with Crippen LogP contribution in [0.3, 0.4) is 0 Å². The van der Waals surface area contributed by atoms with Crippen molar-refractivity contribution in [3.63, 3.8) is 0 Å². The number of amides is 1. The van der Waals surface area contributed by atoms with Crippen molar-refractivity contribution >= 4 is 36.4 Å². The lowest BCUT2D eigenvalue weighted by molar-refractivity contribution is -0.122. The summed E-state index contributed by atoms with van der Waals surface area (Å²) in [5.41, 5.74) is 7.68. The monoisotopic (exact) mass is 384 g/mol. The van der Waals surface area contributed by atoms with E-state index >= 15 is 0 Å². The zero-order valence-electron chi connectivity index (χ0n) is 14.6. The number of aromatic nitrogens is 2. The minimum Gasteiger partial charge on any atom is -0.334 e. The number of nitrogens with two attached hydrogens (primary N) is 1. The molecule has 0 aliphatic heterocycles. The summed E-state index contributed by atoms with van der Waals surface area (Å²) >= 11 is 0. The highest BCUT2D eigenvalue weighted by atomic mass is 35.5. The molecule has 2 aromatic rings. The van der Waals surface area contributed by atoms with Crippen molar-refractivity contribution in [2.45, 2.75) is 38.1 Å². The van der Waals surface area contributed by atoms with Crippen LogP contribution in [0.2, 0.25) is 0 Å². The lowest BCUT2D eigenvalue weighted by atomic mass is 9.74. The zero-order chi connectivity index (χ0) is 16.4. The highest BCUT2D eigenvalue weighted by Crippen LogP contribution is 2.32. The molecule has 1 amide bonds. The summed E-state index contributed by atoms with van der Waals surface area (Å²) in [6.45, 7) is 1.99. The second-order valence-electron chi connectivity index (χ2n) is 6.74. The predicted molar refractivity (Wildman–Crippen MR) is 106 cm³/mol. The number of nitrogens with one attached hydrogen (secondary N) is 1. The summed E-state index contributed by atoms with van der Waals surface area (Å²) in [6.07, 6.45) is 7.60. The molecule has 2 unspecified atom stereocenters. The Morgan fingerprint density at radius 2 is 2.12 bits per heavy atom. The van der Waals surface area contributed by atoms with Crippen LogP contribution in [-0.4, -0.2) is 21.0 Å². The van der Waals surface area contributed by atoms with E-state index in [-0.39, 0.29) is 36.6 Å². The molecule has 0 radical (unpaired) electrons. The number of hydrogen-bond acceptors (Lipinski definition) is 3. The van der Waals surface area contributed by atoms with Gasteiger partial charge in [-0.25, -0.2) is 4.98 Å². The highest BCUT2D eigenvalue weighted by Gasteiger charge is 2.37. The Hall–Kier alpha value is -1.56. The van der Waals surface area contributed by atoms with E-state index in [1.165, 1.54) is 0 Å². The number of aryl methyl sites for hydroxylation is 1. The Kier molecular flexibility index (Phi) is 7.47. The van der Waals surface area contributed by atoms with Crippen LogP contribution in [-0.2, 0) is 11.8 Å². The third kappa shape index (κ3) is 4.75. The molecule has 3 rings (SSSR count). The van der Waals surface area contributed by atoms with Crippen LogP contribution < -0.4 is 11.1 Å². The standard InChI is InChI=1S/C18H24N4O.2ClH/c1-18(19)9-4-3-8-15(18)17(23)21-14-7-5-6-13(12-14)16-20-10-11-22(16)2;;/h5-7,10-12,15H,3-4,8-9,19H2,1-2H3,(H,21,23);2*1H. The molecular formula is C18H26Cl2N4O. The zero-order valence-corrected chi connectivity index (χ0v) is 16.2. The topological polar surface area (TPSA) is 72.9 Å². The number of imidazole rings is 1. The van der Waals surface area contributed by atoms with Gasteiger partial charge in [-0.3, -0.25) is 4.79 Å². The van der Waals surface area contributed by atoms with Crippen LogP contribution in [0.15, 0.2) is 36.7 Å². The maximum atomic E-state index is 12.6. The number of benzene rings is 1. The molecule has 3 N–H and O–H groups in total. The van der Waals surface area contributed by atoms with E-state index in [2.05, 4.69) is 10.3 Å². The molecule has 0 saturated heterocycles. The number of hydrogen-bond donors (Lipinski definition) is 2. The first kappa shape index (κ1) is 21.5. The van der Waals surface area contributed by atoms with E-state index in [1.807, 2.05) is 49.0 Å². The molecule has 1 saturated carbocycles. The van der Waals surface area contributed by atoms with E-state index in [0.29, 0.717) is 0 Å². The first-order chi connectivity index (χ1) is 11.0. The fourth-order valence-electron chi connectivity index (χ4n) is 3.40. The van der Waals surface area contributed by atoms with Gasteiger partial charge in [0.1, 0.15) is 5.82 Å². The molecule has 1 heterocycles. The molecule has 1 aliphatic carbocycles. The van der Waals surface area contributed by atoms with Crippen LogP contribution in [0.5, 0.6) is 0 Å². The van der Waals surface area contributed by atoms with E-state index < -0.39 is 5.54 Å². The molecule has 25 heavy (non-hydrogen) atoms. The van der Waals surface area contributed by atoms with Gasteiger partial charge in [-0.05, 0) is 31.9 Å². The molecule has 0 spiro atoms. The van der Waals surface area contributed by atoms with Gasteiger partial charge in [-0.15, -0.1) is 24.8 Å². The Balaban J connectivity index is 0.00000156. The smallest absolute Gasteiger partial charge is 0.229 e. The maximum absolute atomic E-state index is 12.6. The second-order valence-corrected chi connectivity index (χ2v) is 6.74. The maximum Gasteiger partial charge on any atom is 0.229 e. The van der Waals surface area contributed by atoms with Crippen molar-refractivity contribution in [3.05, 3.63) is 36.7 Å². The molecule has 5 nitrogen and oxygen atoms in total.